The predicted molar refractivity (Wildman–Crippen MR) is 81.5 cm³/mol. The molecule has 1 aromatic heterocycles. The van der Waals surface area contributed by atoms with E-state index in [9.17, 15) is 18.0 Å². The van der Waals surface area contributed by atoms with E-state index in [4.69, 9.17) is 4.74 Å². The lowest BCUT2D eigenvalue weighted by molar-refractivity contribution is 0.102. The Labute approximate surface area is 136 Å². The zero-order valence-corrected chi connectivity index (χ0v) is 12.6. The Balaban J connectivity index is 1.72. The molecule has 24 heavy (non-hydrogen) atoms. The normalized spacial score (nSPS) is 14.5. The van der Waals surface area contributed by atoms with Crippen molar-refractivity contribution in [2.45, 2.75) is 0 Å². The minimum Gasteiger partial charge on any atom is -0.378 e. The molecular formula is C16H14F3N3O2. The van der Waals surface area contributed by atoms with Crippen molar-refractivity contribution in [3.63, 3.8) is 0 Å². The van der Waals surface area contributed by atoms with Gasteiger partial charge in [-0.3, -0.25) is 4.79 Å². The van der Waals surface area contributed by atoms with E-state index >= 15 is 0 Å². The number of carbonyl (C=O) groups excluding carboxylic acids is 1. The van der Waals surface area contributed by atoms with Crippen molar-refractivity contribution in [3.05, 3.63) is 53.5 Å². The van der Waals surface area contributed by atoms with Gasteiger partial charge in [-0.05, 0) is 24.3 Å². The maximum atomic E-state index is 13.6. The first-order valence-corrected chi connectivity index (χ1v) is 7.30. The van der Waals surface area contributed by atoms with E-state index in [1.54, 1.807) is 18.3 Å². The largest absolute Gasteiger partial charge is 0.378 e. The van der Waals surface area contributed by atoms with Crippen LogP contribution in [0.4, 0.5) is 24.7 Å². The molecule has 0 atom stereocenters. The molecule has 126 valence electrons. The number of ether oxygens (including phenoxy) is 1. The highest BCUT2D eigenvalue weighted by atomic mass is 19.2. The third kappa shape index (κ3) is 3.33. The van der Waals surface area contributed by atoms with Gasteiger partial charge in [0.2, 0.25) is 0 Å². The first-order chi connectivity index (χ1) is 11.6. The highest BCUT2D eigenvalue weighted by Gasteiger charge is 2.19. The van der Waals surface area contributed by atoms with Crippen LogP contribution in [-0.2, 0) is 4.74 Å². The number of hydrogen-bond donors (Lipinski definition) is 1. The summed E-state index contributed by atoms with van der Waals surface area (Å²) in [5.41, 5.74) is 0.281. The molecule has 0 aliphatic carbocycles. The lowest BCUT2D eigenvalue weighted by Gasteiger charge is -2.28. The van der Waals surface area contributed by atoms with E-state index in [-0.39, 0.29) is 5.82 Å². The standard InChI is InChI=1S/C16H14F3N3O2/c17-12-3-2-11(14(18)15(12)19)16(23)21-13-4-1-10(9-20-13)22-5-7-24-8-6-22/h1-4,9H,5-8H2,(H,20,21,23). The van der Waals surface area contributed by atoms with Crippen LogP contribution in [0.1, 0.15) is 10.4 Å². The van der Waals surface area contributed by atoms with Crippen molar-refractivity contribution >= 4 is 17.4 Å². The smallest absolute Gasteiger partial charge is 0.259 e. The van der Waals surface area contributed by atoms with Gasteiger partial charge in [0, 0.05) is 13.1 Å². The number of benzene rings is 1. The molecule has 2 aromatic rings. The Morgan fingerprint density at radius 2 is 1.83 bits per heavy atom. The Bertz CT molecular complexity index is 747. The zero-order chi connectivity index (χ0) is 17.1. The number of carbonyl (C=O) groups is 1. The molecule has 1 fully saturated rings. The highest BCUT2D eigenvalue weighted by Crippen LogP contribution is 2.19. The zero-order valence-electron chi connectivity index (χ0n) is 12.6. The molecule has 1 aliphatic rings. The van der Waals surface area contributed by atoms with Gasteiger partial charge in [0.1, 0.15) is 5.82 Å². The Hall–Kier alpha value is -2.61. The van der Waals surface area contributed by atoms with Gasteiger partial charge in [-0.2, -0.15) is 0 Å². The van der Waals surface area contributed by atoms with Crippen molar-refractivity contribution in [1.29, 1.82) is 0 Å². The van der Waals surface area contributed by atoms with Gasteiger partial charge < -0.3 is 15.0 Å². The molecule has 2 heterocycles. The fourth-order valence-electron chi connectivity index (χ4n) is 2.35. The molecule has 0 saturated carbocycles. The number of nitrogens with zero attached hydrogens (tertiary/aromatic N) is 2. The summed E-state index contributed by atoms with van der Waals surface area (Å²) in [6.07, 6.45) is 1.57. The minimum absolute atomic E-state index is 0.182. The molecular weight excluding hydrogens is 323 g/mol. The number of hydrogen-bond acceptors (Lipinski definition) is 4. The summed E-state index contributed by atoms with van der Waals surface area (Å²) < 4.78 is 45.0. The van der Waals surface area contributed by atoms with Crippen molar-refractivity contribution in [3.8, 4) is 0 Å². The molecule has 1 N–H and O–H groups in total. The molecule has 1 amide bonds. The summed E-state index contributed by atoms with van der Waals surface area (Å²) >= 11 is 0. The molecule has 8 heteroatoms. The van der Waals surface area contributed by atoms with Gasteiger partial charge in [-0.1, -0.05) is 0 Å². The number of amides is 1. The minimum atomic E-state index is -1.68. The number of rotatable bonds is 3. The van der Waals surface area contributed by atoms with Crippen molar-refractivity contribution < 1.29 is 22.7 Å². The third-order valence-corrected chi connectivity index (χ3v) is 3.65. The summed E-state index contributed by atoms with van der Waals surface area (Å²) in [6, 6.07) is 4.89. The van der Waals surface area contributed by atoms with Crippen LogP contribution < -0.4 is 10.2 Å². The molecule has 0 radical (unpaired) electrons. The number of pyridine rings is 1. The van der Waals surface area contributed by atoms with Crippen molar-refractivity contribution in [2.24, 2.45) is 0 Å². The van der Waals surface area contributed by atoms with Crippen LogP contribution >= 0.6 is 0 Å². The van der Waals surface area contributed by atoms with Gasteiger partial charge in [0.25, 0.3) is 5.91 Å². The molecule has 3 rings (SSSR count). The van der Waals surface area contributed by atoms with Crippen LogP contribution in [0.5, 0.6) is 0 Å². The molecule has 5 nitrogen and oxygen atoms in total. The monoisotopic (exact) mass is 337 g/mol. The van der Waals surface area contributed by atoms with Crippen LogP contribution in [0.2, 0.25) is 0 Å². The molecule has 1 aliphatic heterocycles. The maximum Gasteiger partial charge on any atom is 0.259 e. The fraction of sp³-hybridized carbons (Fsp3) is 0.250. The fourth-order valence-corrected chi connectivity index (χ4v) is 2.35. The van der Waals surface area contributed by atoms with E-state index in [0.717, 1.165) is 24.8 Å². The Morgan fingerprint density at radius 1 is 1.08 bits per heavy atom. The first-order valence-electron chi connectivity index (χ1n) is 7.30. The third-order valence-electron chi connectivity index (χ3n) is 3.65. The SMILES string of the molecule is O=C(Nc1ccc(N2CCOCC2)cn1)c1ccc(F)c(F)c1F. The number of anilines is 2. The summed E-state index contributed by atoms with van der Waals surface area (Å²) in [4.78, 5) is 18.1. The van der Waals surface area contributed by atoms with E-state index in [2.05, 4.69) is 15.2 Å². The molecule has 0 unspecified atom stereocenters. The van der Waals surface area contributed by atoms with E-state index in [1.807, 2.05) is 0 Å². The van der Waals surface area contributed by atoms with Crippen molar-refractivity contribution in [2.75, 3.05) is 36.5 Å². The Kier molecular flexibility index (Phi) is 4.66. The van der Waals surface area contributed by atoms with E-state index in [0.29, 0.717) is 19.3 Å². The van der Waals surface area contributed by atoms with Gasteiger partial charge >= 0.3 is 0 Å². The van der Waals surface area contributed by atoms with Crippen LogP contribution in [0.25, 0.3) is 0 Å². The van der Waals surface area contributed by atoms with Crippen LogP contribution in [-0.4, -0.2) is 37.2 Å². The van der Waals surface area contributed by atoms with Gasteiger partial charge in [0.15, 0.2) is 17.5 Å². The second kappa shape index (κ2) is 6.88. The first kappa shape index (κ1) is 16.3. The Morgan fingerprint density at radius 3 is 2.50 bits per heavy atom. The molecule has 0 spiro atoms. The number of aromatic nitrogens is 1. The summed E-state index contributed by atoms with van der Waals surface area (Å²) in [6.45, 7) is 2.75. The van der Waals surface area contributed by atoms with E-state index < -0.39 is 28.9 Å². The summed E-state index contributed by atoms with van der Waals surface area (Å²) in [5.74, 6) is -5.29. The number of halogens is 3. The quantitative estimate of drug-likeness (QED) is 0.875. The molecule has 0 bridgehead atoms. The number of morpholine rings is 1. The summed E-state index contributed by atoms with van der Waals surface area (Å²) in [7, 11) is 0. The lowest BCUT2D eigenvalue weighted by Crippen LogP contribution is -2.36. The van der Waals surface area contributed by atoms with Crippen LogP contribution in [0.3, 0.4) is 0 Å². The second-order valence-corrected chi connectivity index (χ2v) is 5.18. The molecule has 1 aromatic carbocycles. The molecule has 1 saturated heterocycles. The average Bonchev–Trinajstić information content (AvgIpc) is 2.61. The van der Waals surface area contributed by atoms with Gasteiger partial charge in [0.05, 0.1) is 30.7 Å². The second-order valence-electron chi connectivity index (χ2n) is 5.18. The predicted octanol–water partition coefficient (Wildman–Crippen LogP) is 2.59. The van der Waals surface area contributed by atoms with E-state index in [1.165, 1.54) is 0 Å². The van der Waals surface area contributed by atoms with Gasteiger partial charge in [-0.15, -0.1) is 0 Å². The maximum absolute atomic E-state index is 13.6. The van der Waals surface area contributed by atoms with Crippen molar-refractivity contribution in [1.82, 2.24) is 4.98 Å². The topological polar surface area (TPSA) is 54.5 Å². The average molecular weight is 337 g/mol. The summed E-state index contributed by atoms with van der Waals surface area (Å²) in [5, 5.41) is 2.35. The lowest BCUT2D eigenvalue weighted by atomic mass is 10.2. The van der Waals surface area contributed by atoms with Gasteiger partial charge in [-0.25, -0.2) is 18.2 Å². The number of nitrogens with one attached hydrogen (secondary N) is 1. The van der Waals surface area contributed by atoms with Crippen LogP contribution in [0.15, 0.2) is 30.5 Å². The highest BCUT2D eigenvalue weighted by molar-refractivity contribution is 6.04. The van der Waals surface area contributed by atoms with Crippen LogP contribution in [0, 0.1) is 17.5 Å².